The fraction of sp³-hybridized carbons (Fsp3) is 0.364. The predicted molar refractivity (Wildman–Crippen MR) is 66.6 cm³/mol. The Hall–Kier alpha value is -2.15. The van der Waals surface area contributed by atoms with Crippen molar-refractivity contribution in [1.82, 2.24) is 4.98 Å². The second-order valence-electron chi connectivity index (χ2n) is 4.02. The van der Waals surface area contributed by atoms with Crippen molar-refractivity contribution in [3.05, 3.63) is 24.0 Å². The molecule has 7 nitrogen and oxygen atoms in total. The molecule has 0 aromatic carbocycles. The average Bonchev–Trinajstić information content (AvgIpc) is 2.39. The summed E-state index contributed by atoms with van der Waals surface area (Å²) in [5.41, 5.74) is 11.7. The van der Waals surface area contributed by atoms with E-state index < -0.39 is 12.0 Å². The molecule has 2 rings (SSSR count). The molecule has 1 amide bonds. The van der Waals surface area contributed by atoms with Crippen molar-refractivity contribution in [2.24, 2.45) is 11.5 Å². The van der Waals surface area contributed by atoms with Gasteiger partial charge in [0.25, 0.3) is 5.91 Å². The number of nitrogens with two attached hydrogens (primary N) is 2. The zero-order chi connectivity index (χ0) is 13.1. The van der Waals surface area contributed by atoms with E-state index in [4.69, 9.17) is 21.6 Å². The fourth-order valence-corrected chi connectivity index (χ4v) is 1.82. The third-order valence-corrected chi connectivity index (χ3v) is 2.77. The van der Waals surface area contributed by atoms with Gasteiger partial charge in [-0.2, -0.15) is 0 Å². The zero-order valence-electron chi connectivity index (χ0n) is 9.80. The summed E-state index contributed by atoms with van der Waals surface area (Å²) in [5.74, 6) is -0.558. The third-order valence-electron chi connectivity index (χ3n) is 2.77. The van der Waals surface area contributed by atoms with E-state index in [0.29, 0.717) is 19.7 Å². The number of hydrogen-bond acceptors (Lipinski definition) is 5. The first-order valence-electron chi connectivity index (χ1n) is 5.54. The number of hydrogen-bond donors (Lipinski definition) is 3. The van der Waals surface area contributed by atoms with Crippen LogP contribution in [-0.4, -0.2) is 42.5 Å². The molecule has 1 atom stereocenters. The van der Waals surface area contributed by atoms with E-state index in [1.807, 2.05) is 4.90 Å². The van der Waals surface area contributed by atoms with Gasteiger partial charge in [0, 0.05) is 18.4 Å². The van der Waals surface area contributed by atoms with Crippen LogP contribution in [0.2, 0.25) is 0 Å². The minimum Gasteiger partial charge on any atom is -0.385 e. The number of carbonyl (C=O) groups is 1. The van der Waals surface area contributed by atoms with Gasteiger partial charge in [-0.15, -0.1) is 0 Å². The third kappa shape index (κ3) is 2.57. The molecule has 18 heavy (non-hydrogen) atoms. The lowest BCUT2D eigenvalue weighted by molar-refractivity contribution is 0.0826. The smallest absolute Gasteiger partial charge is 0.267 e. The van der Waals surface area contributed by atoms with Gasteiger partial charge in [0.2, 0.25) is 0 Å². The second kappa shape index (κ2) is 5.01. The minimum absolute atomic E-state index is 0.00359. The number of anilines is 1. The second-order valence-corrected chi connectivity index (χ2v) is 4.02. The molecular weight excluding hydrogens is 234 g/mol. The van der Waals surface area contributed by atoms with Crippen LogP contribution in [0.1, 0.15) is 10.5 Å². The van der Waals surface area contributed by atoms with E-state index in [1.54, 1.807) is 12.1 Å². The van der Waals surface area contributed by atoms with E-state index in [0.717, 1.165) is 5.69 Å². The molecule has 1 aromatic rings. The summed E-state index contributed by atoms with van der Waals surface area (Å²) in [7, 11) is 0. The summed E-state index contributed by atoms with van der Waals surface area (Å²) in [6.07, 6.45) is 1.12. The number of nitrogens with one attached hydrogen (secondary N) is 1. The van der Waals surface area contributed by atoms with Crippen molar-refractivity contribution in [2.45, 2.75) is 6.10 Å². The first kappa shape index (κ1) is 12.3. The van der Waals surface area contributed by atoms with Gasteiger partial charge in [0.1, 0.15) is 17.6 Å². The number of pyridine rings is 1. The molecule has 7 heteroatoms. The SMILES string of the molecule is N=C(N)C1CN(c2ccnc(C(N)=O)c2)CCO1. The molecule has 96 valence electrons. The molecule has 0 aliphatic carbocycles. The van der Waals surface area contributed by atoms with Crippen molar-refractivity contribution in [1.29, 1.82) is 5.41 Å². The van der Waals surface area contributed by atoms with E-state index in [2.05, 4.69) is 4.98 Å². The van der Waals surface area contributed by atoms with Gasteiger partial charge in [0.15, 0.2) is 0 Å². The summed E-state index contributed by atoms with van der Waals surface area (Å²) in [4.78, 5) is 16.9. The molecule has 0 radical (unpaired) electrons. The van der Waals surface area contributed by atoms with Crippen molar-refractivity contribution >= 4 is 17.4 Å². The van der Waals surface area contributed by atoms with Crippen LogP contribution in [0.25, 0.3) is 0 Å². The average molecular weight is 249 g/mol. The van der Waals surface area contributed by atoms with Crippen LogP contribution in [0.3, 0.4) is 0 Å². The number of aromatic nitrogens is 1. The molecule has 0 spiro atoms. The van der Waals surface area contributed by atoms with E-state index in [9.17, 15) is 4.79 Å². The van der Waals surface area contributed by atoms with Crippen molar-refractivity contribution in [3.63, 3.8) is 0 Å². The fourth-order valence-electron chi connectivity index (χ4n) is 1.82. The van der Waals surface area contributed by atoms with Crippen LogP contribution in [-0.2, 0) is 4.74 Å². The molecule has 5 N–H and O–H groups in total. The van der Waals surface area contributed by atoms with Gasteiger partial charge in [-0.3, -0.25) is 15.2 Å². The van der Waals surface area contributed by atoms with Gasteiger partial charge in [-0.25, -0.2) is 0 Å². The number of nitrogens with zero attached hydrogens (tertiary/aromatic N) is 2. The molecule has 1 aliphatic heterocycles. The maximum absolute atomic E-state index is 11.1. The van der Waals surface area contributed by atoms with E-state index >= 15 is 0 Å². The Morgan fingerprint density at radius 1 is 1.56 bits per heavy atom. The molecule has 1 aromatic heterocycles. The maximum Gasteiger partial charge on any atom is 0.267 e. The normalized spacial score (nSPS) is 19.6. The lowest BCUT2D eigenvalue weighted by Crippen LogP contribution is -2.48. The van der Waals surface area contributed by atoms with E-state index in [1.165, 1.54) is 6.20 Å². The largest absolute Gasteiger partial charge is 0.385 e. The molecule has 1 saturated heterocycles. The Morgan fingerprint density at radius 3 is 3.00 bits per heavy atom. The van der Waals surface area contributed by atoms with Crippen LogP contribution in [0, 0.1) is 5.41 Å². The number of morpholine rings is 1. The highest BCUT2D eigenvalue weighted by molar-refractivity contribution is 5.91. The molecular formula is C11H15N5O2. The predicted octanol–water partition coefficient (Wildman–Crippen LogP) is -0.678. The van der Waals surface area contributed by atoms with Crippen molar-refractivity contribution < 1.29 is 9.53 Å². The highest BCUT2D eigenvalue weighted by Crippen LogP contribution is 2.17. The summed E-state index contributed by atoms with van der Waals surface area (Å²) in [6.45, 7) is 1.64. The van der Waals surface area contributed by atoms with Gasteiger partial charge in [-0.05, 0) is 12.1 Å². The first-order valence-corrected chi connectivity index (χ1v) is 5.54. The lowest BCUT2D eigenvalue weighted by atomic mass is 10.2. The number of amidine groups is 1. The number of primary amides is 1. The summed E-state index contributed by atoms with van der Waals surface area (Å²) >= 11 is 0. The maximum atomic E-state index is 11.1. The summed E-state index contributed by atoms with van der Waals surface area (Å²) in [5, 5.41) is 7.39. The Labute approximate surface area is 104 Å². The van der Waals surface area contributed by atoms with Crippen LogP contribution < -0.4 is 16.4 Å². The molecule has 1 fully saturated rings. The van der Waals surface area contributed by atoms with Gasteiger partial charge >= 0.3 is 0 Å². The Morgan fingerprint density at radius 2 is 2.33 bits per heavy atom. The van der Waals surface area contributed by atoms with Crippen LogP contribution in [0.4, 0.5) is 5.69 Å². The van der Waals surface area contributed by atoms with Crippen molar-refractivity contribution in [3.8, 4) is 0 Å². The molecule has 2 heterocycles. The van der Waals surface area contributed by atoms with Gasteiger partial charge in [0.05, 0.1) is 13.2 Å². The molecule has 0 saturated carbocycles. The standard InChI is InChI=1S/C11H15N5O2/c12-10(13)9-6-16(3-4-18-9)7-1-2-15-8(5-7)11(14)17/h1-2,5,9H,3-4,6H2,(H3,12,13)(H2,14,17). The van der Waals surface area contributed by atoms with Crippen LogP contribution >= 0.6 is 0 Å². The lowest BCUT2D eigenvalue weighted by Gasteiger charge is -2.33. The topological polar surface area (TPSA) is 118 Å². The van der Waals surface area contributed by atoms with Crippen LogP contribution in [0.15, 0.2) is 18.3 Å². The van der Waals surface area contributed by atoms with Gasteiger partial charge < -0.3 is 21.1 Å². The number of amides is 1. The summed E-state index contributed by atoms with van der Waals surface area (Å²) < 4.78 is 5.37. The Bertz CT molecular complexity index is 476. The highest BCUT2D eigenvalue weighted by Gasteiger charge is 2.23. The minimum atomic E-state index is -0.562. The monoisotopic (exact) mass is 249 g/mol. The summed E-state index contributed by atoms with van der Waals surface area (Å²) in [6, 6.07) is 3.42. The molecule has 1 unspecified atom stereocenters. The Balaban J connectivity index is 2.18. The molecule has 0 bridgehead atoms. The zero-order valence-corrected chi connectivity index (χ0v) is 9.80. The quantitative estimate of drug-likeness (QED) is 0.484. The number of ether oxygens (including phenoxy) is 1. The van der Waals surface area contributed by atoms with E-state index in [-0.39, 0.29) is 11.5 Å². The number of rotatable bonds is 3. The Kier molecular flexibility index (Phi) is 3.42. The number of carbonyl (C=O) groups excluding carboxylic acids is 1. The van der Waals surface area contributed by atoms with Crippen molar-refractivity contribution in [2.75, 3.05) is 24.6 Å². The highest BCUT2D eigenvalue weighted by atomic mass is 16.5. The van der Waals surface area contributed by atoms with Crippen LogP contribution in [0.5, 0.6) is 0 Å². The van der Waals surface area contributed by atoms with Gasteiger partial charge in [-0.1, -0.05) is 0 Å². The first-order chi connectivity index (χ1) is 8.58. The molecule has 1 aliphatic rings.